The molecule has 0 aliphatic carbocycles. The average molecular weight is 324 g/mol. The molecule has 1 heterocycles. The highest BCUT2D eigenvalue weighted by atomic mass is 19.1. The second-order valence-electron chi connectivity index (χ2n) is 7.01. The van der Waals surface area contributed by atoms with Gasteiger partial charge in [-0.15, -0.1) is 0 Å². The van der Waals surface area contributed by atoms with Crippen LogP contribution in [-0.2, 0) is 4.74 Å². The standard InChI is InChI=1S/C17H25FN2O3/c1-11(14-6-5-13(21)9-15(14)18)19-12-7-8-20(10-12)16(22)23-17(2,3)4/h5-6,9,11-12,19,21H,7-8,10H2,1-4H3. The van der Waals surface area contributed by atoms with Gasteiger partial charge in [-0.2, -0.15) is 0 Å². The Kier molecular flexibility index (Phi) is 5.14. The van der Waals surface area contributed by atoms with Crippen LogP contribution >= 0.6 is 0 Å². The maximum absolute atomic E-state index is 13.9. The second-order valence-corrected chi connectivity index (χ2v) is 7.01. The topological polar surface area (TPSA) is 61.8 Å². The number of nitrogens with zero attached hydrogens (tertiary/aromatic N) is 1. The van der Waals surface area contributed by atoms with E-state index < -0.39 is 11.4 Å². The molecule has 23 heavy (non-hydrogen) atoms. The van der Waals surface area contributed by atoms with E-state index in [-0.39, 0.29) is 23.9 Å². The van der Waals surface area contributed by atoms with Crippen LogP contribution < -0.4 is 5.32 Å². The maximum Gasteiger partial charge on any atom is 0.410 e. The van der Waals surface area contributed by atoms with Gasteiger partial charge in [0.25, 0.3) is 0 Å². The van der Waals surface area contributed by atoms with Gasteiger partial charge in [-0.05, 0) is 40.2 Å². The number of phenolic OH excluding ortho intramolecular Hbond substituents is 1. The van der Waals surface area contributed by atoms with Crippen LogP contribution in [0.1, 0.15) is 45.7 Å². The normalized spacial score (nSPS) is 19.7. The number of halogens is 1. The molecule has 6 heteroatoms. The first-order valence-electron chi connectivity index (χ1n) is 7.88. The van der Waals surface area contributed by atoms with Crippen molar-refractivity contribution in [3.05, 3.63) is 29.6 Å². The van der Waals surface area contributed by atoms with E-state index >= 15 is 0 Å². The molecule has 1 amide bonds. The van der Waals surface area contributed by atoms with Gasteiger partial charge in [0.1, 0.15) is 17.2 Å². The molecule has 1 aromatic carbocycles. The molecule has 1 fully saturated rings. The van der Waals surface area contributed by atoms with Crippen molar-refractivity contribution in [1.29, 1.82) is 0 Å². The smallest absolute Gasteiger partial charge is 0.410 e. The predicted octanol–water partition coefficient (Wildman–Crippen LogP) is 3.19. The first-order valence-corrected chi connectivity index (χ1v) is 7.88. The molecule has 0 spiro atoms. The van der Waals surface area contributed by atoms with Gasteiger partial charge in [-0.3, -0.25) is 0 Å². The van der Waals surface area contributed by atoms with E-state index in [2.05, 4.69) is 5.32 Å². The third-order valence-corrected chi connectivity index (χ3v) is 3.78. The summed E-state index contributed by atoms with van der Waals surface area (Å²) in [5.74, 6) is -0.526. The van der Waals surface area contributed by atoms with Crippen LogP contribution in [0.3, 0.4) is 0 Å². The van der Waals surface area contributed by atoms with Crippen molar-refractivity contribution in [2.45, 2.75) is 51.8 Å². The van der Waals surface area contributed by atoms with Gasteiger partial charge in [-0.1, -0.05) is 6.07 Å². The van der Waals surface area contributed by atoms with Crippen molar-refractivity contribution in [3.63, 3.8) is 0 Å². The van der Waals surface area contributed by atoms with Crippen LogP contribution in [-0.4, -0.2) is 40.8 Å². The van der Waals surface area contributed by atoms with Gasteiger partial charge in [0, 0.05) is 36.8 Å². The molecule has 2 atom stereocenters. The van der Waals surface area contributed by atoms with Crippen LogP contribution in [0.4, 0.5) is 9.18 Å². The Morgan fingerprint density at radius 1 is 1.48 bits per heavy atom. The van der Waals surface area contributed by atoms with E-state index in [1.54, 1.807) is 11.0 Å². The summed E-state index contributed by atoms with van der Waals surface area (Å²) in [7, 11) is 0. The minimum Gasteiger partial charge on any atom is -0.508 e. The zero-order chi connectivity index (χ0) is 17.2. The molecule has 0 bridgehead atoms. The van der Waals surface area contributed by atoms with E-state index in [0.717, 1.165) is 12.5 Å². The fourth-order valence-electron chi connectivity index (χ4n) is 2.70. The van der Waals surface area contributed by atoms with E-state index in [1.807, 2.05) is 27.7 Å². The monoisotopic (exact) mass is 324 g/mol. The summed E-state index contributed by atoms with van der Waals surface area (Å²) in [6.45, 7) is 8.55. The number of rotatable bonds is 3. The van der Waals surface area contributed by atoms with Gasteiger partial charge >= 0.3 is 6.09 Å². The zero-order valence-corrected chi connectivity index (χ0v) is 14.1. The Hall–Kier alpha value is -1.82. The minimum absolute atomic E-state index is 0.0876. The van der Waals surface area contributed by atoms with E-state index in [0.29, 0.717) is 18.7 Å². The number of aromatic hydroxyl groups is 1. The molecular formula is C17H25FN2O3. The summed E-state index contributed by atoms with van der Waals surface area (Å²) in [6, 6.07) is 4.03. The summed E-state index contributed by atoms with van der Waals surface area (Å²) in [5.41, 5.74) is -0.0102. The first-order chi connectivity index (χ1) is 10.7. The molecule has 128 valence electrons. The van der Waals surface area contributed by atoms with E-state index in [9.17, 15) is 14.3 Å². The van der Waals surface area contributed by atoms with Crippen molar-refractivity contribution in [1.82, 2.24) is 10.2 Å². The summed E-state index contributed by atoms with van der Waals surface area (Å²) >= 11 is 0. The summed E-state index contributed by atoms with van der Waals surface area (Å²) in [4.78, 5) is 13.7. The summed E-state index contributed by atoms with van der Waals surface area (Å²) in [5, 5.41) is 12.6. The Bertz CT molecular complexity index is 571. The van der Waals surface area contributed by atoms with Gasteiger partial charge < -0.3 is 20.1 Å². The molecule has 1 aliphatic rings. The SMILES string of the molecule is CC(NC1CCN(C(=O)OC(C)(C)C)C1)c1ccc(O)cc1F. The number of amides is 1. The lowest BCUT2D eigenvalue weighted by Gasteiger charge is -2.25. The third-order valence-electron chi connectivity index (χ3n) is 3.78. The Morgan fingerprint density at radius 2 is 2.17 bits per heavy atom. The summed E-state index contributed by atoms with van der Waals surface area (Å²) < 4.78 is 19.2. The van der Waals surface area contributed by atoms with Gasteiger partial charge in [0.2, 0.25) is 0 Å². The first kappa shape index (κ1) is 17.5. The molecule has 1 aliphatic heterocycles. The molecule has 2 N–H and O–H groups in total. The quantitative estimate of drug-likeness (QED) is 0.896. The zero-order valence-electron chi connectivity index (χ0n) is 14.1. The Morgan fingerprint density at radius 3 is 2.78 bits per heavy atom. The number of likely N-dealkylation sites (tertiary alicyclic amines) is 1. The van der Waals surface area contributed by atoms with Crippen molar-refractivity contribution in [2.75, 3.05) is 13.1 Å². The molecule has 1 saturated heterocycles. The molecular weight excluding hydrogens is 299 g/mol. The van der Waals surface area contributed by atoms with Crippen LogP contribution in [0.5, 0.6) is 5.75 Å². The lowest BCUT2D eigenvalue weighted by Crippen LogP contribution is -2.39. The van der Waals surface area contributed by atoms with Crippen LogP contribution in [0.15, 0.2) is 18.2 Å². The van der Waals surface area contributed by atoms with E-state index in [1.165, 1.54) is 6.07 Å². The van der Waals surface area contributed by atoms with Gasteiger partial charge in [0.05, 0.1) is 0 Å². The van der Waals surface area contributed by atoms with E-state index in [4.69, 9.17) is 4.74 Å². The fraction of sp³-hybridized carbons (Fsp3) is 0.588. The third kappa shape index (κ3) is 4.82. The molecule has 2 rings (SSSR count). The van der Waals surface area contributed by atoms with Crippen molar-refractivity contribution >= 4 is 6.09 Å². The molecule has 2 unspecified atom stereocenters. The number of hydrogen-bond donors (Lipinski definition) is 2. The number of carbonyl (C=O) groups is 1. The number of ether oxygens (including phenoxy) is 1. The molecule has 0 aromatic heterocycles. The Labute approximate surface area is 136 Å². The molecule has 0 saturated carbocycles. The molecule has 0 radical (unpaired) electrons. The predicted molar refractivity (Wildman–Crippen MR) is 85.8 cm³/mol. The molecule has 1 aromatic rings. The summed E-state index contributed by atoms with van der Waals surface area (Å²) in [6.07, 6.45) is 0.480. The molecule has 5 nitrogen and oxygen atoms in total. The lowest BCUT2D eigenvalue weighted by atomic mass is 10.1. The number of carbonyl (C=O) groups excluding carboxylic acids is 1. The highest BCUT2D eigenvalue weighted by molar-refractivity contribution is 5.68. The lowest BCUT2D eigenvalue weighted by molar-refractivity contribution is 0.0290. The number of hydrogen-bond acceptors (Lipinski definition) is 4. The number of nitrogens with one attached hydrogen (secondary N) is 1. The van der Waals surface area contributed by atoms with Crippen LogP contribution in [0.2, 0.25) is 0 Å². The van der Waals surface area contributed by atoms with Crippen molar-refractivity contribution in [3.8, 4) is 5.75 Å². The maximum atomic E-state index is 13.9. The second kappa shape index (κ2) is 6.74. The highest BCUT2D eigenvalue weighted by Crippen LogP contribution is 2.23. The fourth-order valence-corrected chi connectivity index (χ4v) is 2.70. The highest BCUT2D eigenvalue weighted by Gasteiger charge is 2.30. The van der Waals surface area contributed by atoms with Crippen molar-refractivity contribution < 1.29 is 19.0 Å². The van der Waals surface area contributed by atoms with Crippen LogP contribution in [0.25, 0.3) is 0 Å². The van der Waals surface area contributed by atoms with Crippen LogP contribution in [0, 0.1) is 5.82 Å². The number of benzene rings is 1. The largest absolute Gasteiger partial charge is 0.508 e. The number of phenols is 1. The van der Waals surface area contributed by atoms with Gasteiger partial charge in [-0.25, -0.2) is 9.18 Å². The van der Waals surface area contributed by atoms with Crippen molar-refractivity contribution in [2.24, 2.45) is 0 Å². The minimum atomic E-state index is -0.509. The van der Waals surface area contributed by atoms with Gasteiger partial charge in [0.15, 0.2) is 0 Å². The Balaban J connectivity index is 1.91. The average Bonchev–Trinajstić information content (AvgIpc) is 2.85.